The summed E-state index contributed by atoms with van der Waals surface area (Å²) in [5.41, 5.74) is 8.22. The fourth-order valence-corrected chi connectivity index (χ4v) is 1.55. The third kappa shape index (κ3) is 1.72. The van der Waals surface area contributed by atoms with Crippen LogP contribution in [0.4, 0.5) is 0 Å². The van der Waals surface area contributed by atoms with Crippen molar-refractivity contribution in [1.29, 1.82) is 0 Å². The molecule has 0 amide bonds. The van der Waals surface area contributed by atoms with E-state index < -0.39 is 0 Å². The van der Waals surface area contributed by atoms with Gasteiger partial charge in [0, 0.05) is 6.54 Å². The van der Waals surface area contributed by atoms with Crippen molar-refractivity contribution in [2.75, 3.05) is 0 Å². The summed E-state index contributed by atoms with van der Waals surface area (Å²) in [7, 11) is 0. The molecule has 1 radical (unpaired) electrons. The van der Waals surface area contributed by atoms with Crippen molar-refractivity contribution in [2.45, 2.75) is 19.6 Å². The van der Waals surface area contributed by atoms with E-state index in [0.29, 0.717) is 0 Å². The van der Waals surface area contributed by atoms with Gasteiger partial charge in [-0.2, -0.15) is 0 Å². The number of fused-ring (bicyclic) bond motifs is 1. The summed E-state index contributed by atoms with van der Waals surface area (Å²) in [4.78, 5) is 0. The molecule has 0 aliphatic carbocycles. The van der Waals surface area contributed by atoms with E-state index in [-0.39, 0.29) is 6.17 Å². The second-order valence-electron chi connectivity index (χ2n) is 3.32. The van der Waals surface area contributed by atoms with E-state index >= 15 is 0 Å². The molecule has 0 spiro atoms. The van der Waals surface area contributed by atoms with Crippen LogP contribution in [-0.4, -0.2) is 6.17 Å². The molecule has 1 aromatic rings. The van der Waals surface area contributed by atoms with Crippen LogP contribution < -0.4 is 16.4 Å². The minimum Gasteiger partial charge on any atom is -0.316 e. The standard InChI is InChI=1S/C10H14N3/c1-7(11)13-10-9-5-3-2-4-8(9)6-12-10/h2-5,7,12-13H,6,11H2,1H3. The van der Waals surface area contributed by atoms with E-state index in [1.54, 1.807) is 0 Å². The second-order valence-corrected chi connectivity index (χ2v) is 3.32. The largest absolute Gasteiger partial charge is 0.316 e. The van der Waals surface area contributed by atoms with Gasteiger partial charge in [-0.05, 0) is 18.1 Å². The van der Waals surface area contributed by atoms with E-state index in [2.05, 4.69) is 28.8 Å². The molecule has 13 heavy (non-hydrogen) atoms. The molecule has 2 rings (SSSR count). The molecule has 0 fully saturated rings. The summed E-state index contributed by atoms with van der Waals surface area (Å²) >= 11 is 0. The van der Waals surface area contributed by atoms with Crippen LogP contribution in [0.1, 0.15) is 18.1 Å². The maximum Gasteiger partial charge on any atom is 0.134 e. The zero-order chi connectivity index (χ0) is 9.26. The number of benzene rings is 1. The van der Waals surface area contributed by atoms with E-state index in [4.69, 9.17) is 5.73 Å². The normalized spacial score (nSPS) is 18.6. The molecule has 0 saturated carbocycles. The SMILES string of the molecule is CC(N)N[C]1NCc2ccccc21. The van der Waals surface area contributed by atoms with Crippen LogP contribution in [0.15, 0.2) is 24.3 Å². The Morgan fingerprint density at radius 3 is 3.00 bits per heavy atom. The molecule has 0 bridgehead atoms. The predicted octanol–water partition coefficient (Wildman–Crippen LogP) is 0.522. The van der Waals surface area contributed by atoms with Gasteiger partial charge < -0.3 is 5.73 Å². The molecule has 3 nitrogen and oxygen atoms in total. The maximum atomic E-state index is 5.66. The number of rotatable bonds is 2. The first kappa shape index (κ1) is 8.69. The van der Waals surface area contributed by atoms with Crippen LogP contribution in [0.2, 0.25) is 0 Å². The fraction of sp³-hybridized carbons (Fsp3) is 0.300. The highest BCUT2D eigenvalue weighted by atomic mass is 15.2. The van der Waals surface area contributed by atoms with Crippen LogP contribution in [-0.2, 0) is 6.54 Å². The molecule has 3 heteroatoms. The molecule has 1 heterocycles. The molecule has 1 atom stereocenters. The lowest BCUT2D eigenvalue weighted by molar-refractivity contribution is 0.548. The number of hydrogen-bond acceptors (Lipinski definition) is 3. The Morgan fingerprint density at radius 1 is 1.46 bits per heavy atom. The van der Waals surface area contributed by atoms with Crippen molar-refractivity contribution in [3.05, 3.63) is 41.6 Å². The molecule has 1 unspecified atom stereocenters. The van der Waals surface area contributed by atoms with Crippen LogP contribution in [0.5, 0.6) is 0 Å². The Labute approximate surface area is 78.3 Å². The average molecular weight is 176 g/mol. The quantitative estimate of drug-likeness (QED) is 0.576. The summed E-state index contributed by atoms with van der Waals surface area (Å²) in [5, 5.41) is 6.46. The summed E-state index contributed by atoms with van der Waals surface area (Å²) in [6.45, 7) is 2.82. The van der Waals surface area contributed by atoms with E-state index in [0.717, 1.165) is 12.7 Å². The highest BCUT2D eigenvalue weighted by molar-refractivity contribution is 5.41. The Balaban J connectivity index is 2.18. The lowest BCUT2D eigenvalue weighted by Crippen LogP contribution is -2.41. The third-order valence-corrected chi connectivity index (χ3v) is 2.11. The van der Waals surface area contributed by atoms with E-state index in [9.17, 15) is 0 Å². The minimum atomic E-state index is -0.0198. The molecular weight excluding hydrogens is 162 g/mol. The molecule has 4 N–H and O–H groups in total. The first-order valence-corrected chi connectivity index (χ1v) is 4.48. The maximum absolute atomic E-state index is 5.66. The molecule has 1 aliphatic heterocycles. The second kappa shape index (κ2) is 3.46. The van der Waals surface area contributed by atoms with Crippen molar-refractivity contribution >= 4 is 0 Å². The summed E-state index contributed by atoms with van der Waals surface area (Å²) < 4.78 is 0. The molecule has 0 saturated heterocycles. The first-order valence-electron chi connectivity index (χ1n) is 4.48. The van der Waals surface area contributed by atoms with Crippen molar-refractivity contribution in [2.24, 2.45) is 5.73 Å². The Hall–Kier alpha value is -0.900. The fourth-order valence-electron chi connectivity index (χ4n) is 1.55. The van der Waals surface area contributed by atoms with Crippen molar-refractivity contribution in [3.8, 4) is 0 Å². The zero-order valence-corrected chi connectivity index (χ0v) is 7.67. The topological polar surface area (TPSA) is 50.1 Å². The molecule has 1 aliphatic rings. The van der Waals surface area contributed by atoms with Crippen LogP contribution in [0, 0.1) is 6.17 Å². The van der Waals surface area contributed by atoms with Gasteiger partial charge in [-0.15, -0.1) is 0 Å². The molecule has 0 aromatic heterocycles. The molecule has 1 aromatic carbocycles. The lowest BCUT2D eigenvalue weighted by atomic mass is 10.1. The van der Waals surface area contributed by atoms with Gasteiger partial charge in [-0.25, -0.2) is 0 Å². The smallest absolute Gasteiger partial charge is 0.134 e. The average Bonchev–Trinajstić information content (AvgIpc) is 2.48. The third-order valence-electron chi connectivity index (χ3n) is 2.11. The van der Waals surface area contributed by atoms with Crippen molar-refractivity contribution < 1.29 is 0 Å². The van der Waals surface area contributed by atoms with Gasteiger partial charge in [0.15, 0.2) is 0 Å². The number of nitrogens with one attached hydrogen (secondary N) is 2. The first-order chi connectivity index (χ1) is 6.27. The highest BCUT2D eigenvalue weighted by Gasteiger charge is 2.22. The Bertz CT molecular complexity index is 296. The Morgan fingerprint density at radius 2 is 2.23 bits per heavy atom. The summed E-state index contributed by atoms with van der Waals surface area (Å²) in [5.74, 6) is 0. The Kier molecular flexibility index (Phi) is 2.31. The van der Waals surface area contributed by atoms with Gasteiger partial charge in [0.05, 0.1) is 6.17 Å². The van der Waals surface area contributed by atoms with Gasteiger partial charge in [0.2, 0.25) is 0 Å². The molecule has 69 valence electrons. The van der Waals surface area contributed by atoms with Gasteiger partial charge in [0.25, 0.3) is 0 Å². The summed E-state index contributed by atoms with van der Waals surface area (Å²) in [6, 6.07) is 8.31. The number of hydrogen-bond donors (Lipinski definition) is 3. The van der Waals surface area contributed by atoms with E-state index in [1.807, 2.05) is 13.0 Å². The van der Waals surface area contributed by atoms with Crippen molar-refractivity contribution in [1.82, 2.24) is 10.6 Å². The highest BCUT2D eigenvalue weighted by Crippen LogP contribution is 2.21. The zero-order valence-electron chi connectivity index (χ0n) is 7.67. The van der Waals surface area contributed by atoms with E-state index in [1.165, 1.54) is 11.1 Å². The van der Waals surface area contributed by atoms with Crippen molar-refractivity contribution in [3.63, 3.8) is 0 Å². The lowest BCUT2D eigenvalue weighted by Gasteiger charge is -2.15. The van der Waals surface area contributed by atoms with Gasteiger partial charge in [-0.3, -0.25) is 10.6 Å². The van der Waals surface area contributed by atoms with Gasteiger partial charge >= 0.3 is 0 Å². The van der Waals surface area contributed by atoms with Gasteiger partial charge in [0.1, 0.15) is 6.17 Å². The van der Waals surface area contributed by atoms with Crippen LogP contribution in [0.25, 0.3) is 0 Å². The van der Waals surface area contributed by atoms with Gasteiger partial charge in [-0.1, -0.05) is 24.3 Å². The van der Waals surface area contributed by atoms with Crippen LogP contribution in [0.3, 0.4) is 0 Å². The minimum absolute atomic E-state index is 0.0198. The monoisotopic (exact) mass is 176 g/mol. The summed E-state index contributed by atoms with van der Waals surface area (Å²) in [6.07, 6.45) is 1.03. The number of nitrogens with two attached hydrogens (primary N) is 1. The predicted molar refractivity (Wildman–Crippen MR) is 52.4 cm³/mol. The molecular formula is C10H14N3. The van der Waals surface area contributed by atoms with Crippen LogP contribution >= 0.6 is 0 Å².